The third-order valence-electron chi connectivity index (χ3n) is 10.7. The Morgan fingerprint density at radius 3 is 1.40 bits per heavy atom. The van der Waals surface area contributed by atoms with E-state index in [9.17, 15) is 24.0 Å². The van der Waals surface area contributed by atoms with Gasteiger partial charge in [0.25, 0.3) is 0 Å². The molecule has 0 heterocycles. The summed E-state index contributed by atoms with van der Waals surface area (Å²) in [6, 6.07) is 53.6. The van der Waals surface area contributed by atoms with Gasteiger partial charge in [0, 0.05) is 31.4 Å². The summed E-state index contributed by atoms with van der Waals surface area (Å²) in [5.41, 5.74) is 3.80. The zero-order chi connectivity index (χ0) is 45.7. The molecule has 3 atom stereocenters. The van der Waals surface area contributed by atoms with Crippen LogP contribution in [0.25, 0.3) is 0 Å². The second-order valence-corrected chi connectivity index (χ2v) is 15.4. The first kappa shape index (κ1) is 46.7. The van der Waals surface area contributed by atoms with Gasteiger partial charge in [0.15, 0.2) is 0 Å². The van der Waals surface area contributed by atoms with E-state index in [0.717, 1.165) is 33.4 Å². The van der Waals surface area contributed by atoms with Gasteiger partial charge in [-0.05, 0) is 46.7 Å². The summed E-state index contributed by atoms with van der Waals surface area (Å²) in [7, 11) is 0. The minimum Gasteiger partial charge on any atom is -0.463 e. The van der Waals surface area contributed by atoms with Gasteiger partial charge in [-0.15, -0.1) is 0 Å². The molecule has 6 aromatic rings. The smallest absolute Gasteiger partial charge is 0.408 e. The Balaban J connectivity index is 1.24. The molecule has 6 aromatic carbocycles. The monoisotopic (exact) mass is 870 g/mol. The fraction of sp³-hybridized carbons (Fsp3) is 0.204. The number of carbonyl (C=O) groups is 5. The molecule has 0 radical (unpaired) electrons. The van der Waals surface area contributed by atoms with Crippen LogP contribution in [0, 0.1) is 0 Å². The number of hydrogen-bond acceptors (Lipinski definition) is 7. The van der Waals surface area contributed by atoms with E-state index in [2.05, 4.69) is 21.3 Å². The molecule has 65 heavy (non-hydrogen) atoms. The van der Waals surface area contributed by atoms with Gasteiger partial charge in [0.1, 0.15) is 24.2 Å². The van der Waals surface area contributed by atoms with Gasteiger partial charge in [-0.1, -0.05) is 188 Å². The molecule has 11 heteroatoms. The molecule has 0 saturated carbocycles. The predicted octanol–water partition coefficient (Wildman–Crippen LogP) is 7.74. The van der Waals surface area contributed by atoms with E-state index >= 15 is 0 Å². The van der Waals surface area contributed by atoms with Crippen molar-refractivity contribution in [3.63, 3.8) is 0 Å². The van der Waals surface area contributed by atoms with Crippen molar-refractivity contribution in [2.75, 3.05) is 6.61 Å². The summed E-state index contributed by atoms with van der Waals surface area (Å²) in [4.78, 5) is 68.8. The van der Waals surface area contributed by atoms with Gasteiger partial charge in [-0.2, -0.15) is 0 Å². The number of ether oxygens (including phenoxy) is 2. The van der Waals surface area contributed by atoms with Crippen LogP contribution in [0.3, 0.4) is 0 Å². The molecule has 0 aliphatic rings. The summed E-state index contributed by atoms with van der Waals surface area (Å²) in [5, 5.41) is 11.9. The van der Waals surface area contributed by atoms with E-state index in [-0.39, 0.29) is 44.8 Å². The Morgan fingerprint density at radius 1 is 0.523 bits per heavy atom. The molecule has 0 unspecified atom stereocenters. The lowest BCUT2D eigenvalue weighted by atomic mass is 9.77. The largest absolute Gasteiger partial charge is 0.463 e. The van der Waals surface area contributed by atoms with Crippen LogP contribution in [0.5, 0.6) is 0 Å². The maximum atomic E-state index is 14.5. The molecular weight excluding hydrogens is 817 g/mol. The fourth-order valence-corrected chi connectivity index (χ4v) is 7.52. The van der Waals surface area contributed by atoms with Crippen LogP contribution in [0.2, 0.25) is 0 Å². The number of carbonyl (C=O) groups excluding carboxylic acids is 5. The molecule has 332 valence electrons. The molecule has 4 amide bonds. The molecule has 0 bridgehead atoms. The third kappa shape index (κ3) is 13.8. The normalized spacial score (nSPS) is 12.5. The number of rotatable bonds is 21. The average molecular weight is 871 g/mol. The van der Waals surface area contributed by atoms with E-state index in [1.54, 1.807) is 6.92 Å². The summed E-state index contributed by atoms with van der Waals surface area (Å²) in [5.74, 6) is -2.11. The zero-order valence-corrected chi connectivity index (χ0v) is 36.3. The summed E-state index contributed by atoms with van der Waals surface area (Å²) in [6.07, 6.45) is 2.15. The van der Waals surface area contributed by atoms with Crippen LogP contribution in [-0.4, -0.2) is 54.5 Å². The van der Waals surface area contributed by atoms with E-state index in [4.69, 9.17) is 9.47 Å². The lowest BCUT2D eigenvalue weighted by Gasteiger charge is -2.37. The maximum absolute atomic E-state index is 14.5. The molecule has 4 N–H and O–H groups in total. The Morgan fingerprint density at radius 2 is 0.938 bits per heavy atom. The maximum Gasteiger partial charge on any atom is 0.408 e. The van der Waals surface area contributed by atoms with Crippen molar-refractivity contribution in [3.8, 4) is 0 Å². The Labute approximate surface area is 380 Å². The quantitative estimate of drug-likeness (QED) is 0.0328. The van der Waals surface area contributed by atoms with Gasteiger partial charge in [-0.25, -0.2) is 9.59 Å². The van der Waals surface area contributed by atoms with E-state index in [1.807, 2.05) is 182 Å². The molecule has 0 aromatic heterocycles. The summed E-state index contributed by atoms with van der Waals surface area (Å²) >= 11 is 0. The van der Waals surface area contributed by atoms with Crippen molar-refractivity contribution < 1.29 is 33.4 Å². The Bertz CT molecular complexity index is 2360. The second kappa shape index (κ2) is 24.2. The van der Waals surface area contributed by atoms with Crippen molar-refractivity contribution >= 4 is 29.8 Å². The van der Waals surface area contributed by atoms with Crippen molar-refractivity contribution in [2.24, 2.45) is 0 Å². The minimum atomic E-state index is -1.14. The van der Waals surface area contributed by atoms with E-state index in [1.165, 1.54) is 12.2 Å². The minimum absolute atomic E-state index is 0.00410. The van der Waals surface area contributed by atoms with Crippen LogP contribution in [0.4, 0.5) is 4.79 Å². The molecule has 0 fully saturated rings. The van der Waals surface area contributed by atoms with Crippen LogP contribution >= 0.6 is 0 Å². The molecular formula is C54H54N4O7. The highest BCUT2D eigenvalue weighted by molar-refractivity contribution is 5.92. The van der Waals surface area contributed by atoms with Crippen molar-refractivity contribution in [1.82, 2.24) is 21.3 Å². The topological polar surface area (TPSA) is 152 Å². The molecule has 6 rings (SSSR count). The number of benzene rings is 6. The van der Waals surface area contributed by atoms with Crippen molar-refractivity contribution in [1.29, 1.82) is 0 Å². The summed E-state index contributed by atoms with van der Waals surface area (Å²) < 4.78 is 10.6. The summed E-state index contributed by atoms with van der Waals surface area (Å²) in [6.45, 7) is 1.83. The Kier molecular flexibility index (Phi) is 17.4. The van der Waals surface area contributed by atoms with Crippen LogP contribution in [0.1, 0.15) is 53.1 Å². The molecule has 0 aliphatic carbocycles. The highest BCUT2D eigenvalue weighted by Crippen LogP contribution is 2.37. The van der Waals surface area contributed by atoms with Gasteiger partial charge in [0.05, 0.1) is 6.61 Å². The number of nitrogens with one attached hydrogen (secondary N) is 4. The first-order valence-corrected chi connectivity index (χ1v) is 21.7. The number of hydrogen-bond donors (Lipinski definition) is 4. The first-order chi connectivity index (χ1) is 31.7. The van der Waals surface area contributed by atoms with E-state index in [0.29, 0.717) is 0 Å². The van der Waals surface area contributed by atoms with Crippen LogP contribution in [0.15, 0.2) is 194 Å². The first-order valence-electron chi connectivity index (χ1n) is 21.7. The van der Waals surface area contributed by atoms with Gasteiger partial charge in [0.2, 0.25) is 17.7 Å². The fourth-order valence-electron chi connectivity index (χ4n) is 7.52. The predicted molar refractivity (Wildman–Crippen MR) is 250 cm³/mol. The molecule has 0 aliphatic heterocycles. The average Bonchev–Trinajstić information content (AvgIpc) is 3.34. The van der Waals surface area contributed by atoms with Gasteiger partial charge < -0.3 is 30.7 Å². The molecule has 0 spiro atoms. The van der Waals surface area contributed by atoms with Gasteiger partial charge >= 0.3 is 12.1 Å². The van der Waals surface area contributed by atoms with Gasteiger partial charge in [-0.3, -0.25) is 14.4 Å². The SMILES string of the molecule is CCOC(=O)/C=C/[C@H](CCC(=O)NC(c1ccccc1)(c1ccccc1)c1ccccc1)NC(=O)[C@H](Cc1ccccc1)NC(=O)[C@H](Cc1ccccc1)NC(=O)OCc1ccccc1. The lowest BCUT2D eigenvalue weighted by molar-refractivity contribution is -0.137. The highest BCUT2D eigenvalue weighted by Gasteiger charge is 2.38. The second-order valence-electron chi connectivity index (χ2n) is 15.4. The van der Waals surface area contributed by atoms with Crippen LogP contribution < -0.4 is 21.3 Å². The van der Waals surface area contributed by atoms with Crippen molar-refractivity contribution in [2.45, 2.75) is 62.9 Å². The molecule has 0 saturated heterocycles. The number of amides is 4. The number of alkyl carbamates (subject to hydrolysis) is 1. The zero-order valence-electron chi connectivity index (χ0n) is 36.3. The standard InChI is InChI=1S/C54H54N4O7/c1-2-64-50(60)36-34-46(33-35-49(59)58-54(43-27-15-6-16-28-43,44-29-17-7-18-30-44)45-31-19-8-20-32-45)55-51(61)47(37-40-21-9-3-10-22-40)56-52(62)48(38-41-23-11-4-12-24-41)57-53(63)65-39-42-25-13-5-14-26-42/h3-32,34,36,46-48H,2,33,35,37-39H2,1H3,(H,55,61)(H,56,62)(H,57,63)(H,58,59)/b36-34+/t46-,47-,48-/m0/s1. The highest BCUT2D eigenvalue weighted by atomic mass is 16.5. The molecule has 11 nitrogen and oxygen atoms in total. The van der Waals surface area contributed by atoms with Crippen molar-refractivity contribution in [3.05, 3.63) is 228 Å². The third-order valence-corrected chi connectivity index (χ3v) is 10.7. The Hall–Kier alpha value is -7.79. The van der Waals surface area contributed by atoms with E-state index < -0.39 is 47.5 Å². The lowest BCUT2D eigenvalue weighted by Crippen LogP contribution is -2.56. The van der Waals surface area contributed by atoms with Crippen LogP contribution in [-0.2, 0) is 53.6 Å². The number of esters is 1.